The zero-order valence-electron chi connectivity index (χ0n) is 19.8. The van der Waals surface area contributed by atoms with Crippen LogP contribution in [-0.4, -0.2) is 25.9 Å². The second-order valence-electron chi connectivity index (χ2n) is 8.94. The number of fused-ring (bicyclic) bond motifs is 1. The molecule has 7 heteroatoms. The average Bonchev–Trinajstić information content (AvgIpc) is 2.87. The molecule has 0 amide bonds. The molecule has 1 fully saturated rings. The minimum atomic E-state index is -0.815. The maximum Gasteiger partial charge on any atom is 0.184 e. The lowest BCUT2D eigenvalue weighted by atomic mass is 9.99. The number of halogens is 4. The third-order valence-corrected chi connectivity index (χ3v) is 6.64. The summed E-state index contributed by atoms with van der Waals surface area (Å²) in [4.78, 5) is 0. The molecule has 35 heavy (non-hydrogen) atoms. The Bertz CT molecular complexity index is 1120. The fourth-order valence-corrected chi connectivity index (χ4v) is 4.39. The fraction of sp³-hybridized carbons (Fsp3) is 0.429. The highest BCUT2D eigenvalue weighted by Crippen LogP contribution is 2.30. The van der Waals surface area contributed by atoms with Crippen molar-refractivity contribution in [2.24, 2.45) is 0 Å². The molecule has 0 spiro atoms. The zero-order valence-corrected chi connectivity index (χ0v) is 20.6. The van der Waals surface area contributed by atoms with Crippen LogP contribution in [0.3, 0.4) is 0 Å². The zero-order chi connectivity index (χ0) is 24.8. The Morgan fingerprint density at radius 1 is 0.914 bits per heavy atom. The summed E-state index contributed by atoms with van der Waals surface area (Å²) in [6.07, 6.45) is 4.62. The van der Waals surface area contributed by atoms with E-state index < -0.39 is 22.9 Å². The molecule has 1 saturated heterocycles. The summed E-state index contributed by atoms with van der Waals surface area (Å²) in [6.45, 7) is 3.80. The van der Waals surface area contributed by atoms with E-state index >= 15 is 4.39 Å². The fourth-order valence-electron chi connectivity index (χ4n) is 4.28. The molecule has 0 aliphatic carbocycles. The molecular weight excluding hydrogens is 477 g/mol. The average molecular weight is 507 g/mol. The molecule has 3 aromatic rings. The van der Waals surface area contributed by atoms with Crippen LogP contribution in [-0.2, 0) is 27.1 Å². The van der Waals surface area contributed by atoms with Gasteiger partial charge in [-0.2, -0.15) is 0 Å². The van der Waals surface area contributed by atoms with Crippen molar-refractivity contribution in [3.8, 4) is 0 Å². The monoisotopic (exact) mass is 506 g/mol. The van der Waals surface area contributed by atoms with E-state index in [1.165, 1.54) is 31.4 Å². The van der Waals surface area contributed by atoms with Crippen molar-refractivity contribution in [3.63, 3.8) is 0 Å². The van der Waals surface area contributed by atoms with E-state index in [4.69, 9.17) is 25.8 Å². The third kappa shape index (κ3) is 6.56. The maximum absolute atomic E-state index is 15.2. The Hall–Kier alpha value is -2.12. The van der Waals surface area contributed by atoms with Gasteiger partial charge < -0.3 is 14.2 Å². The molecule has 0 N–H and O–H groups in total. The van der Waals surface area contributed by atoms with Gasteiger partial charge in [-0.3, -0.25) is 0 Å². The van der Waals surface area contributed by atoms with Gasteiger partial charge >= 0.3 is 0 Å². The Balaban J connectivity index is 1.36. The van der Waals surface area contributed by atoms with Gasteiger partial charge in [0.1, 0.15) is 28.6 Å². The van der Waals surface area contributed by atoms with Crippen molar-refractivity contribution in [3.05, 3.63) is 81.6 Å². The van der Waals surface area contributed by atoms with Crippen LogP contribution in [0.4, 0.5) is 13.2 Å². The van der Waals surface area contributed by atoms with E-state index in [0.29, 0.717) is 42.8 Å². The second-order valence-corrected chi connectivity index (χ2v) is 9.32. The first-order valence-corrected chi connectivity index (χ1v) is 12.5. The summed E-state index contributed by atoms with van der Waals surface area (Å²) in [5, 5.41) is 0.676. The number of ether oxygens (including phenoxy) is 3. The molecule has 0 saturated carbocycles. The van der Waals surface area contributed by atoms with Gasteiger partial charge in [-0.15, -0.1) is 0 Å². The molecule has 0 radical (unpaired) electrons. The first kappa shape index (κ1) is 26.0. The number of aryl methyl sites for hydroxylation is 2. The van der Waals surface area contributed by atoms with Gasteiger partial charge in [0.2, 0.25) is 0 Å². The van der Waals surface area contributed by atoms with Gasteiger partial charge in [0.25, 0.3) is 0 Å². The highest BCUT2D eigenvalue weighted by Gasteiger charge is 2.24. The van der Waals surface area contributed by atoms with Gasteiger partial charge in [0, 0.05) is 17.6 Å². The molecule has 1 aliphatic heterocycles. The molecule has 3 nitrogen and oxygen atoms in total. The first-order valence-electron chi connectivity index (χ1n) is 12.2. The van der Waals surface area contributed by atoms with Crippen LogP contribution in [0.1, 0.15) is 55.6 Å². The molecular formula is C28H30ClF3O3. The van der Waals surface area contributed by atoms with E-state index in [-0.39, 0.29) is 18.3 Å². The lowest BCUT2D eigenvalue weighted by molar-refractivity contribution is -0.230. The molecule has 1 heterocycles. The Morgan fingerprint density at radius 3 is 2.37 bits per heavy atom. The molecule has 3 aromatic carbocycles. The molecule has 0 bridgehead atoms. The summed E-state index contributed by atoms with van der Waals surface area (Å²) in [6, 6.07) is 11.3. The molecule has 4 rings (SSSR count). The van der Waals surface area contributed by atoms with Crippen molar-refractivity contribution < 1.29 is 27.4 Å². The Morgan fingerprint density at radius 2 is 1.66 bits per heavy atom. The van der Waals surface area contributed by atoms with E-state index in [2.05, 4.69) is 6.92 Å². The van der Waals surface area contributed by atoms with E-state index in [0.717, 1.165) is 17.4 Å². The van der Waals surface area contributed by atoms with E-state index in [9.17, 15) is 8.78 Å². The van der Waals surface area contributed by atoms with E-state index in [1.54, 1.807) is 18.2 Å². The van der Waals surface area contributed by atoms with Crippen molar-refractivity contribution in [2.45, 2.75) is 57.8 Å². The van der Waals surface area contributed by atoms with Crippen LogP contribution in [0.25, 0.3) is 10.8 Å². The summed E-state index contributed by atoms with van der Waals surface area (Å²) >= 11 is 5.53. The topological polar surface area (TPSA) is 27.7 Å². The standard InChI is InChI=1S/C28H30ClF3O3/c1-2-3-4-5-12-33-22-16-34-28(35-17-22)21-10-11-23-20(15-21)9-8-19(27(23)32)7-6-18-13-24(30)26(29)25(31)14-18/h8-11,13-15,22,28H,2-7,12,16-17H2,1H3. The number of rotatable bonds is 10. The minimum absolute atomic E-state index is 0.0732. The molecule has 188 valence electrons. The summed E-state index contributed by atoms with van der Waals surface area (Å²) in [5.74, 6) is -1.97. The lowest BCUT2D eigenvalue weighted by Gasteiger charge is -2.29. The van der Waals surface area contributed by atoms with Crippen molar-refractivity contribution in [2.75, 3.05) is 19.8 Å². The molecule has 0 atom stereocenters. The summed E-state index contributed by atoms with van der Waals surface area (Å²) < 4.78 is 60.1. The van der Waals surface area contributed by atoms with Crippen LogP contribution in [0.5, 0.6) is 0 Å². The molecule has 0 unspecified atom stereocenters. The Labute approximate surface area is 209 Å². The highest BCUT2D eigenvalue weighted by atomic mass is 35.5. The van der Waals surface area contributed by atoms with Gasteiger partial charge in [-0.1, -0.05) is 62.1 Å². The van der Waals surface area contributed by atoms with Gasteiger partial charge in [-0.05, 0) is 54.0 Å². The van der Waals surface area contributed by atoms with Crippen LogP contribution < -0.4 is 0 Å². The summed E-state index contributed by atoms with van der Waals surface area (Å²) in [5.41, 5.74) is 1.72. The number of benzene rings is 3. The van der Waals surface area contributed by atoms with Gasteiger partial charge in [0.05, 0.1) is 13.2 Å². The largest absolute Gasteiger partial charge is 0.373 e. The number of unbranched alkanes of at least 4 members (excludes halogenated alkanes) is 3. The number of hydrogen-bond donors (Lipinski definition) is 0. The van der Waals surface area contributed by atoms with Gasteiger partial charge in [-0.25, -0.2) is 13.2 Å². The maximum atomic E-state index is 15.2. The molecule has 0 aromatic heterocycles. The SMILES string of the molecule is CCCCCCOC1COC(c2ccc3c(F)c(CCc4cc(F)c(Cl)c(F)c4)ccc3c2)OC1. The van der Waals surface area contributed by atoms with Crippen LogP contribution >= 0.6 is 11.6 Å². The first-order chi connectivity index (χ1) is 17.0. The minimum Gasteiger partial charge on any atom is -0.373 e. The van der Waals surface area contributed by atoms with E-state index in [1.807, 2.05) is 12.1 Å². The van der Waals surface area contributed by atoms with Crippen LogP contribution in [0.15, 0.2) is 42.5 Å². The predicted molar refractivity (Wildman–Crippen MR) is 131 cm³/mol. The second kappa shape index (κ2) is 12.2. The normalized spacial score (nSPS) is 18.3. The summed E-state index contributed by atoms with van der Waals surface area (Å²) in [7, 11) is 0. The Kier molecular flexibility index (Phi) is 9.06. The predicted octanol–water partition coefficient (Wildman–Crippen LogP) is 7.71. The van der Waals surface area contributed by atoms with Crippen LogP contribution in [0.2, 0.25) is 5.02 Å². The van der Waals surface area contributed by atoms with Crippen molar-refractivity contribution in [1.82, 2.24) is 0 Å². The third-order valence-electron chi connectivity index (χ3n) is 6.28. The lowest BCUT2D eigenvalue weighted by Crippen LogP contribution is -2.33. The van der Waals surface area contributed by atoms with Crippen molar-refractivity contribution >= 4 is 22.4 Å². The smallest absolute Gasteiger partial charge is 0.184 e. The van der Waals surface area contributed by atoms with Gasteiger partial charge in [0.15, 0.2) is 6.29 Å². The highest BCUT2D eigenvalue weighted by molar-refractivity contribution is 6.30. The van der Waals surface area contributed by atoms with Crippen LogP contribution in [0, 0.1) is 17.5 Å². The molecule has 1 aliphatic rings. The number of hydrogen-bond acceptors (Lipinski definition) is 3. The van der Waals surface area contributed by atoms with Crippen molar-refractivity contribution in [1.29, 1.82) is 0 Å². The quantitative estimate of drug-likeness (QED) is 0.208.